The van der Waals surface area contributed by atoms with Crippen LogP contribution in [0.2, 0.25) is 0 Å². The summed E-state index contributed by atoms with van der Waals surface area (Å²) in [6.07, 6.45) is 1.45. The predicted molar refractivity (Wildman–Crippen MR) is 104 cm³/mol. The van der Waals surface area contributed by atoms with Crippen molar-refractivity contribution in [3.8, 4) is 0 Å². The number of imide groups is 1. The number of aryl methyl sites for hydroxylation is 2. The molecule has 0 spiro atoms. The minimum Gasteiger partial charge on any atom is -0.452 e. The lowest BCUT2D eigenvalue weighted by molar-refractivity contribution is -0.119. The molecule has 2 aromatic rings. The van der Waals surface area contributed by atoms with E-state index in [-0.39, 0.29) is 23.2 Å². The van der Waals surface area contributed by atoms with Crippen molar-refractivity contribution < 1.29 is 23.9 Å². The van der Waals surface area contributed by atoms with Gasteiger partial charge in [0.1, 0.15) is 0 Å². The van der Waals surface area contributed by atoms with Gasteiger partial charge in [-0.05, 0) is 32.0 Å². The quantitative estimate of drug-likeness (QED) is 0.451. The molecule has 3 amide bonds. The van der Waals surface area contributed by atoms with E-state index in [0.29, 0.717) is 11.4 Å². The molecule has 0 unspecified atom stereocenters. The molecule has 0 saturated heterocycles. The van der Waals surface area contributed by atoms with Crippen LogP contribution in [0.1, 0.15) is 42.5 Å². The van der Waals surface area contributed by atoms with Crippen molar-refractivity contribution in [2.45, 2.75) is 13.8 Å². The van der Waals surface area contributed by atoms with Crippen LogP contribution in [0.15, 0.2) is 30.9 Å². The van der Waals surface area contributed by atoms with Gasteiger partial charge < -0.3 is 10.1 Å². The molecule has 1 aromatic heterocycles. The Bertz CT molecular complexity index is 1050. The van der Waals surface area contributed by atoms with E-state index in [4.69, 9.17) is 4.74 Å². The second-order valence-electron chi connectivity index (χ2n) is 6.56. The van der Waals surface area contributed by atoms with E-state index in [2.05, 4.69) is 17.0 Å². The number of hydrogen-bond acceptors (Lipinski definition) is 6. The van der Waals surface area contributed by atoms with Crippen LogP contribution in [0.25, 0.3) is 0 Å². The van der Waals surface area contributed by atoms with Crippen LogP contribution >= 0.6 is 0 Å². The number of aromatic nitrogens is 2. The van der Waals surface area contributed by atoms with E-state index in [9.17, 15) is 19.2 Å². The Balaban J connectivity index is 1.66. The highest BCUT2D eigenvalue weighted by atomic mass is 16.5. The number of ether oxygens (including phenoxy) is 1. The normalized spacial score (nSPS) is 12.7. The molecule has 0 fully saturated rings. The number of benzene rings is 1. The molecule has 0 bridgehead atoms. The molecule has 0 saturated carbocycles. The van der Waals surface area contributed by atoms with Crippen LogP contribution < -0.4 is 5.32 Å². The van der Waals surface area contributed by atoms with Gasteiger partial charge in [0.2, 0.25) is 0 Å². The second kappa shape index (κ2) is 7.70. The molecule has 3 rings (SSSR count). The van der Waals surface area contributed by atoms with Crippen molar-refractivity contribution in [1.82, 2.24) is 14.7 Å². The average Bonchev–Trinajstić information content (AvgIpc) is 3.08. The molecular weight excluding hydrogens is 376 g/mol. The van der Waals surface area contributed by atoms with Crippen LogP contribution in [0, 0.1) is 13.8 Å². The van der Waals surface area contributed by atoms with Crippen LogP contribution in [-0.4, -0.2) is 51.5 Å². The van der Waals surface area contributed by atoms with Gasteiger partial charge in [0.05, 0.1) is 33.8 Å². The summed E-state index contributed by atoms with van der Waals surface area (Å²) in [6.45, 7) is 6.67. The van der Waals surface area contributed by atoms with E-state index in [1.54, 1.807) is 25.6 Å². The summed E-state index contributed by atoms with van der Waals surface area (Å²) in [6, 6.07) is 4.09. The molecule has 9 nitrogen and oxygen atoms in total. The first-order valence-electron chi connectivity index (χ1n) is 8.83. The van der Waals surface area contributed by atoms with Gasteiger partial charge in [-0.3, -0.25) is 24.0 Å². The second-order valence-corrected chi connectivity index (χ2v) is 6.56. The van der Waals surface area contributed by atoms with Gasteiger partial charge >= 0.3 is 5.97 Å². The lowest BCUT2D eigenvalue weighted by Gasteiger charge is -2.09. The van der Waals surface area contributed by atoms with E-state index in [0.717, 1.165) is 10.6 Å². The molecule has 0 aliphatic carbocycles. The zero-order valence-corrected chi connectivity index (χ0v) is 16.3. The maximum absolute atomic E-state index is 12.3. The smallest absolute Gasteiger partial charge is 0.338 e. The fourth-order valence-corrected chi connectivity index (χ4v) is 3.06. The number of hydrogen-bond donors (Lipinski definition) is 1. The number of amides is 3. The summed E-state index contributed by atoms with van der Waals surface area (Å²) >= 11 is 0. The number of carbonyl (C=O) groups excluding carboxylic acids is 4. The maximum Gasteiger partial charge on any atom is 0.338 e. The third-order valence-electron chi connectivity index (χ3n) is 4.63. The van der Waals surface area contributed by atoms with Crippen molar-refractivity contribution >= 4 is 29.4 Å². The summed E-state index contributed by atoms with van der Waals surface area (Å²) in [7, 11) is 1.76. The van der Waals surface area contributed by atoms with E-state index in [1.807, 2.05) is 0 Å². The molecule has 0 atom stereocenters. The van der Waals surface area contributed by atoms with E-state index < -0.39 is 30.3 Å². The average molecular weight is 396 g/mol. The molecule has 1 aliphatic rings. The number of nitrogens with zero attached hydrogens (tertiary/aromatic N) is 3. The van der Waals surface area contributed by atoms with Crippen LogP contribution in [0.4, 0.5) is 5.69 Å². The summed E-state index contributed by atoms with van der Waals surface area (Å²) in [5, 5.41) is 6.86. The van der Waals surface area contributed by atoms with E-state index >= 15 is 0 Å². The van der Waals surface area contributed by atoms with Crippen LogP contribution in [-0.2, 0) is 16.6 Å². The number of anilines is 1. The third-order valence-corrected chi connectivity index (χ3v) is 4.63. The van der Waals surface area contributed by atoms with Gasteiger partial charge in [0, 0.05) is 13.6 Å². The lowest BCUT2D eigenvalue weighted by atomic mass is 10.1. The summed E-state index contributed by atoms with van der Waals surface area (Å²) in [5.41, 5.74) is 2.40. The Morgan fingerprint density at radius 2 is 1.90 bits per heavy atom. The lowest BCUT2D eigenvalue weighted by Crippen LogP contribution is -2.29. The molecule has 1 aromatic carbocycles. The first kappa shape index (κ1) is 20.0. The number of fused-ring (bicyclic) bond motifs is 1. The van der Waals surface area contributed by atoms with Gasteiger partial charge in [-0.25, -0.2) is 4.79 Å². The fourth-order valence-electron chi connectivity index (χ4n) is 3.06. The predicted octanol–water partition coefficient (Wildman–Crippen LogP) is 1.61. The number of nitrogens with one attached hydrogen (secondary N) is 1. The van der Waals surface area contributed by atoms with Crippen LogP contribution in [0.5, 0.6) is 0 Å². The monoisotopic (exact) mass is 396 g/mol. The maximum atomic E-state index is 12.3. The molecule has 1 aliphatic heterocycles. The minimum atomic E-state index is -0.773. The van der Waals surface area contributed by atoms with Gasteiger partial charge in [-0.15, -0.1) is 6.58 Å². The molecule has 9 heteroatoms. The Morgan fingerprint density at radius 1 is 1.21 bits per heavy atom. The van der Waals surface area contributed by atoms with E-state index in [1.165, 1.54) is 24.3 Å². The summed E-state index contributed by atoms with van der Waals surface area (Å²) in [4.78, 5) is 50.0. The first-order valence-corrected chi connectivity index (χ1v) is 8.83. The minimum absolute atomic E-state index is 0.0758. The zero-order valence-electron chi connectivity index (χ0n) is 16.3. The largest absolute Gasteiger partial charge is 0.452 e. The SMILES string of the molecule is C=CCN1C(=O)c2ccc(C(=O)OCC(=O)Nc3c(C)nn(C)c3C)cc2C1=O. The Labute approximate surface area is 166 Å². The highest BCUT2D eigenvalue weighted by Gasteiger charge is 2.35. The molecule has 150 valence electrons. The summed E-state index contributed by atoms with van der Waals surface area (Å²) in [5.74, 6) is -2.22. The Hall–Kier alpha value is -3.75. The molecular formula is C20H20N4O5. The van der Waals surface area contributed by atoms with Crippen molar-refractivity contribution in [3.05, 3.63) is 58.9 Å². The molecule has 1 N–H and O–H groups in total. The van der Waals surface area contributed by atoms with Gasteiger partial charge in [-0.1, -0.05) is 6.08 Å². The topological polar surface area (TPSA) is 111 Å². The molecule has 29 heavy (non-hydrogen) atoms. The van der Waals surface area contributed by atoms with Crippen molar-refractivity contribution in [1.29, 1.82) is 0 Å². The third kappa shape index (κ3) is 3.66. The number of carbonyl (C=O) groups is 4. The Kier molecular flexibility index (Phi) is 5.31. The summed E-state index contributed by atoms with van der Waals surface area (Å²) < 4.78 is 6.68. The van der Waals surface area contributed by atoms with Crippen molar-refractivity contribution in [2.24, 2.45) is 7.05 Å². The van der Waals surface area contributed by atoms with Gasteiger partial charge in [0.15, 0.2) is 6.61 Å². The highest BCUT2D eigenvalue weighted by molar-refractivity contribution is 6.22. The number of esters is 1. The van der Waals surface area contributed by atoms with Crippen molar-refractivity contribution in [3.63, 3.8) is 0 Å². The van der Waals surface area contributed by atoms with Crippen molar-refractivity contribution in [2.75, 3.05) is 18.5 Å². The first-order chi connectivity index (χ1) is 13.7. The zero-order chi connectivity index (χ0) is 21.3. The highest BCUT2D eigenvalue weighted by Crippen LogP contribution is 2.24. The molecule has 0 radical (unpaired) electrons. The standard InChI is InChI=1S/C20H20N4O5/c1-5-8-24-18(26)14-7-6-13(9-15(14)19(24)27)20(28)29-10-16(25)21-17-11(2)22-23(4)12(17)3/h5-7,9H,1,8,10H2,2-4H3,(H,21,25). The Morgan fingerprint density at radius 3 is 2.52 bits per heavy atom. The van der Waals surface area contributed by atoms with Crippen LogP contribution in [0.3, 0.4) is 0 Å². The molecule has 2 heterocycles. The van der Waals surface area contributed by atoms with Gasteiger partial charge in [-0.2, -0.15) is 5.10 Å². The van der Waals surface area contributed by atoms with Gasteiger partial charge in [0.25, 0.3) is 17.7 Å². The number of rotatable bonds is 6. The fraction of sp³-hybridized carbons (Fsp3) is 0.250.